The maximum absolute atomic E-state index is 12.0. The first kappa shape index (κ1) is 15.3. The Balaban J connectivity index is 2.07. The molecule has 0 aliphatic heterocycles. The van der Waals surface area contributed by atoms with Gasteiger partial charge in [0.25, 0.3) is 5.91 Å². The summed E-state index contributed by atoms with van der Waals surface area (Å²) in [7, 11) is 0. The van der Waals surface area contributed by atoms with Crippen molar-refractivity contribution in [2.45, 2.75) is 20.3 Å². The van der Waals surface area contributed by atoms with E-state index in [-0.39, 0.29) is 5.91 Å². The van der Waals surface area contributed by atoms with Crippen molar-refractivity contribution in [3.63, 3.8) is 0 Å². The first-order chi connectivity index (χ1) is 10.1. The minimum Gasteiger partial charge on any atom is -0.267 e. The van der Waals surface area contributed by atoms with E-state index in [1.54, 1.807) is 24.3 Å². The van der Waals surface area contributed by atoms with Crippen LogP contribution in [0.5, 0.6) is 0 Å². The van der Waals surface area contributed by atoms with Crippen LogP contribution in [-0.4, -0.2) is 11.6 Å². The topological polar surface area (TPSA) is 41.5 Å². The van der Waals surface area contributed by atoms with Crippen LogP contribution in [0.25, 0.3) is 0 Å². The molecule has 0 bridgehead atoms. The Labute approximate surface area is 129 Å². The van der Waals surface area contributed by atoms with Gasteiger partial charge in [-0.1, -0.05) is 48.9 Å². The molecule has 108 valence electrons. The molecule has 0 atom stereocenters. The third-order valence-corrected chi connectivity index (χ3v) is 3.43. The summed E-state index contributed by atoms with van der Waals surface area (Å²) in [5.41, 5.74) is 6.04. The maximum Gasteiger partial charge on any atom is 0.271 e. The van der Waals surface area contributed by atoms with Crippen LogP contribution in [-0.2, 0) is 6.42 Å². The number of aryl methyl sites for hydroxylation is 1. The predicted octanol–water partition coefficient (Wildman–Crippen LogP) is 4.06. The summed E-state index contributed by atoms with van der Waals surface area (Å²) in [6, 6.07) is 14.9. The van der Waals surface area contributed by atoms with E-state index in [1.807, 2.05) is 19.1 Å². The van der Waals surface area contributed by atoms with Crippen molar-refractivity contribution in [3.05, 3.63) is 70.2 Å². The Morgan fingerprint density at radius 3 is 2.48 bits per heavy atom. The van der Waals surface area contributed by atoms with Crippen LogP contribution in [0.15, 0.2) is 53.6 Å². The first-order valence-electron chi connectivity index (χ1n) is 6.79. The highest BCUT2D eigenvalue weighted by molar-refractivity contribution is 6.30. The summed E-state index contributed by atoms with van der Waals surface area (Å²) < 4.78 is 0. The number of rotatable bonds is 4. The second-order valence-electron chi connectivity index (χ2n) is 4.70. The van der Waals surface area contributed by atoms with E-state index in [2.05, 4.69) is 29.6 Å². The fraction of sp³-hybridized carbons (Fsp3) is 0.176. The van der Waals surface area contributed by atoms with Gasteiger partial charge in [0.1, 0.15) is 0 Å². The van der Waals surface area contributed by atoms with Crippen LogP contribution in [0.1, 0.15) is 35.3 Å². The molecule has 0 saturated carbocycles. The number of hydrazone groups is 1. The molecular weight excluding hydrogens is 284 g/mol. The molecule has 0 unspecified atom stereocenters. The monoisotopic (exact) mass is 300 g/mol. The van der Waals surface area contributed by atoms with Crippen LogP contribution in [0.2, 0.25) is 5.02 Å². The number of hydrogen-bond donors (Lipinski definition) is 1. The fourth-order valence-electron chi connectivity index (χ4n) is 1.88. The lowest BCUT2D eigenvalue weighted by atomic mass is 10.1. The van der Waals surface area contributed by atoms with Crippen molar-refractivity contribution < 1.29 is 4.79 Å². The lowest BCUT2D eigenvalue weighted by Crippen LogP contribution is -2.19. The zero-order valence-corrected chi connectivity index (χ0v) is 12.8. The number of carbonyl (C=O) groups is 1. The molecule has 0 heterocycles. The molecule has 0 radical (unpaired) electrons. The molecule has 1 N–H and O–H groups in total. The largest absolute Gasteiger partial charge is 0.271 e. The summed E-state index contributed by atoms with van der Waals surface area (Å²) in [5, 5.41) is 4.66. The fourth-order valence-corrected chi connectivity index (χ4v) is 2.07. The Morgan fingerprint density at radius 2 is 1.86 bits per heavy atom. The predicted molar refractivity (Wildman–Crippen MR) is 86.9 cm³/mol. The van der Waals surface area contributed by atoms with Gasteiger partial charge in [0.2, 0.25) is 0 Å². The molecule has 0 aliphatic rings. The number of carbonyl (C=O) groups excluding carboxylic acids is 1. The third kappa shape index (κ3) is 4.17. The summed E-state index contributed by atoms with van der Waals surface area (Å²) >= 11 is 5.86. The Hall–Kier alpha value is -2.13. The highest BCUT2D eigenvalue weighted by atomic mass is 35.5. The van der Waals surface area contributed by atoms with Gasteiger partial charge in [-0.25, -0.2) is 5.43 Å². The van der Waals surface area contributed by atoms with Crippen LogP contribution in [0.3, 0.4) is 0 Å². The standard InChI is InChI=1S/C17H17ClN2O/c1-3-13-7-9-14(10-8-13)12(2)19-20-17(21)15-5-4-6-16(18)11-15/h4-11H,3H2,1-2H3,(H,20,21)/b19-12-. The SMILES string of the molecule is CCc1ccc(/C(C)=N\NC(=O)c2cccc(Cl)c2)cc1. The average Bonchev–Trinajstić information content (AvgIpc) is 2.52. The average molecular weight is 301 g/mol. The molecule has 3 nitrogen and oxygen atoms in total. The van der Waals surface area contributed by atoms with Gasteiger partial charge < -0.3 is 0 Å². The molecular formula is C17H17ClN2O. The minimum absolute atomic E-state index is 0.276. The zero-order valence-electron chi connectivity index (χ0n) is 12.1. The molecule has 0 spiro atoms. The van der Waals surface area contributed by atoms with E-state index in [4.69, 9.17) is 11.6 Å². The van der Waals surface area contributed by atoms with Gasteiger partial charge in [-0.3, -0.25) is 4.79 Å². The van der Waals surface area contributed by atoms with Gasteiger partial charge >= 0.3 is 0 Å². The minimum atomic E-state index is -0.276. The summed E-state index contributed by atoms with van der Waals surface area (Å²) in [5.74, 6) is -0.276. The first-order valence-corrected chi connectivity index (χ1v) is 7.17. The van der Waals surface area contributed by atoms with Crippen molar-refractivity contribution in [1.82, 2.24) is 5.43 Å². The van der Waals surface area contributed by atoms with Gasteiger partial charge in [0.15, 0.2) is 0 Å². The van der Waals surface area contributed by atoms with Crippen molar-refractivity contribution in [2.75, 3.05) is 0 Å². The molecule has 1 amide bonds. The molecule has 2 aromatic carbocycles. The summed E-state index contributed by atoms with van der Waals surface area (Å²) in [6.45, 7) is 3.97. The van der Waals surface area contributed by atoms with Gasteiger partial charge in [-0.2, -0.15) is 5.10 Å². The van der Waals surface area contributed by atoms with Crippen molar-refractivity contribution >= 4 is 23.2 Å². The van der Waals surface area contributed by atoms with Crippen molar-refractivity contribution in [3.8, 4) is 0 Å². The molecule has 0 aliphatic carbocycles. The van der Waals surface area contributed by atoms with E-state index in [9.17, 15) is 4.79 Å². The lowest BCUT2D eigenvalue weighted by molar-refractivity contribution is 0.0955. The number of benzene rings is 2. The Kier molecular flexibility index (Phi) is 5.12. The highest BCUT2D eigenvalue weighted by Crippen LogP contribution is 2.10. The second-order valence-corrected chi connectivity index (χ2v) is 5.14. The van der Waals surface area contributed by atoms with Crippen LogP contribution < -0.4 is 5.43 Å². The molecule has 0 aromatic heterocycles. The number of nitrogens with zero attached hydrogens (tertiary/aromatic N) is 1. The highest BCUT2D eigenvalue weighted by Gasteiger charge is 2.05. The number of hydrogen-bond acceptors (Lipinski definition) is 2. The van der Waals surface area contributed by atoms with E-state index >= 15 is 0 Å². The second kappa shape index (κ2) is 7.04. The van der Waals surface area contributed by atoms with Gasteiger partial charge in [0, 0.05) is 10.6 Å². The van der Waals surface area contributed by atoms with Gasteiger partial charge in [-0.15, -0.1) is 0 Å². The summed E-state index contributed by atoms with van der Waals surface area (Å²) in [6.07, 6.45) is 1.00. The smallest absolute Gasteiger partial charge is 0.267 e. The quantitative estimate of drug-likeness (QED) is 0.671. The molecule has 21 heavy (non-hydrogen) atoms. The Morgan fingerprint density at radius 1 is 1.14 bits per heavy atom. The van der Waals surface area contributed by atoms with Crippen LogP contribution >= 0.6 is 11.6 Å². The molecule has 0 fully saturated rings. The number of halogens is 1. The lowest BCUT2D eigenvalue weighted by Gasteiger charge is -2.04. The van der Waals surface area contributed by atoms with Crippen LogP contribution in [0.4, 0.5) is 0 Å². The Bertz CT molecular complexity index is 663. The van der Waals surface area contributed by atoms with Gasteiger partial charge in [-0.05, 0) is 42.7 Å². The van der Waals surface area contributed by atoms with Gasteiger partial charge in [0.05, 0.1) is 5.71 Å². The summed E-state index contributed by atoms with van der Waals surface area (Å²) in [4.78, 5) is 12.0. The maximum atomic E-state index is 12.0. The third-order valence-electron chi connectivity index (χ3n) is 3.19. The van der Waals surface area contributed by atoms with Crippen LogP contribution in [0, 0.1) is 0 Å². The molecule has 2 aromatic rings. The normalized spacial score (nSPS) is 11.3. The van der Waals surface area contributed by atoms with E-state index in [1.165, 1.54) is 5.56 Å². The van der Waals surface area contributed by atoms with Crippen molar-refractivity contribution in [2.24, 2.45) is 5.10 Å². The number of amides is 1. The van der Waals surface area contributed by atoms with Crippen molar-refractivity contribution in [1.29, 1.82) is 0 Å². The molecule has 4 heteroatoms. The van der Waals surface area contributed by atoms with E-state index in [0.717, 1.165) is 17.7 Å². The molecule has 2 rings (SSSR count). The zero-order chi connectivity index (χ0) is 15.2. The number of nitrogens with one attached hydrogen (secondary N) is 1. The molecule has 0 saturated heterocycles. The van der Waals surface area contributed by atoms with E-state index in [0.29, 0.717) is 10.6 Å². The van der Waals surface area contributed by atoms with E-state index < -0.39 is 0 Å².